The summed E-state index contributed by atoms with van der Waals surface area (Å²) in [7, 11) is 0. The minimum Gasteiger partial charge on any atom is -0.467 e. The summed E-state index contributed by atoms with van der Waals surface area (Å²) in [6.45, 7) is 10.2. The van der Waals surface area contributed by atoms with Crippen LogP contribution in [0.5, 0.6) is 0 Å². The highest BCUT2D eigenvalue weighted by molar-refractivity contribution is 5.87. The lowest BCUT2D eigenvalue weighted by Gasteiger charge is -2.32. The molecular formula is C21H34N2O4. The molecule has 1 atom stereocenters. The second-order valence-electron chi connectivity index (χ2n) is 8.32. The number of ether oxygens (including phenoxy) is 1. The molecule has 0 spiro atoms. The van der Waals surface area contributed by atoms with E-state index in [0.29, 0.717) is 19.6 Å². The van der Waals surface area contributed by atoms with Crippen molar-refractivity contribution >= 4 is 11.8 Å². The van der Waals surface area contributed by atoms with E-state index in [-0.39, 0.29) is 24.5 Å². The first kappa shape index (κ1) is 21.5. The van der Waals surface area contributed by atoms with Gasteiger partial charge in [0.05, 0.1) is 25.5 Å². The zero-order chi connectivity index (χ0) is 19.9. The Balaban J connectivity index is 2.08. The predicted molar refractivity (Wildman–Crippen MR) is 104 cm³/mol. The molecule has 1 fully saturated rings. The first-order valence-corrected chi connectivity index (χ1v) is 10.0. The van der Waals surface area contributed by atoms with Gasteiger partial charge in [0.2, 0.25) is 11.8 Å². The average Bonchev–Trinajstić information content (AvgIpc) is 3.30. The Hall–Kier alpha value is -1.82. The van der Waals surface area contributed by atoms with Gasteiger partial charge in [0.15, 0.2) is 0 Å². The first-order valence-electron chi connectivity index (χ1n) is 10.0. The molecule has 0 saturated carbocycles. The highest BCUT2D eigenvalue weighted by atomic mass is 16.5. The molecule has 2 amide bonds. The molecule has 27 heavy (non-hydrogen) atoms. The van der Waals surface area contributed by atoms with Crippen LogP contribution in [0, 0.1) is 5.41 Å². The summed E-state index contributed by atoms with van der Waals surface area (Å²) < 4.78 is 11.2. The standard InChI is InChI=1S/C21H34N2O4/c1-5-6-11-22(20(25)21(2,3)4)16-19(24)23(14-17-9-7-12-26-17)15-18-10-8-13-27-18/h7,9,12,18H,5-6,8,10-11,13-16H2,1-4H3. The third kappa shape index (κ3) is 6.69. The van der Waals surface area contributed by atoms with Crippen LogP contribution >= 0.6 is 0 Å². The molecule has 1 aliphatic rings. The van der Waals surface area contributed by atoms with Crippen molar-refractivity contribution in [1.82, 2.24) is 9.80 Å². The monoisotopic (exact) mass is 378 g/mol. The van der Waals surface area contributed by atoms with Crippen molar-refractivity contribution in [1.29, 1.82) is 0 Å². The van der Waals surface area contributed by atoms with Crippen LogP contribution in [0.25, 0.3) is 0 Å². The van der Waals surface area contributed by atoms with Crippen LogP contribution in [-0.2, 0) is 20.9 Å². The maximum absolute atomic E-state index is 13.1. The third-order valence-electron chi connectivity index (χ3n) is 4.76. The van der Waals surface area contributed by atoms with Crippen molar-refractivity contribution in [2.24, 2.45) is 5.41 Å². The molecule has 1 aromatic rings. The van der Waals surface area contributed by atoms with Gasteiger partial charge in [-0.15, -0.1) is 0 Å². The van der Waals surface area contributed by atoms with Crippen LogP contribution in [-0.4, -0.2) is 54.0 Å². The van der Waals surface area contributed by atoms with Gasteiger partial charge in [-0.1, -0.05) is 34.1 Å². The highest BCUT2D eigenvalue weighted by Gasteiger charge is 2.30. The Bertz CT molecular complexity index is 586. The van der Waals surface area contributed by atoms with Gasteiger partial charge in [-0.2, -0.15) is 0 Å². The molecule has 0 aromatic carbocycles. The lowest BCUT2D eigenvalue weighted by Crippen LogP contribution is -2.48. The van der Waals surface area contributed by atoms with Crippen LogP contribution in [0.3, 0.4) is 0 Å². The minimum atomic E-state index is -0.506. The van der Waals surface area contributed by atoms with Crippen LogP contribution in [0.4, 0.5) is 0 Å². The number of carbonyl (C=O) groups excluding carboxylic acids is 2. The normalized spacial score (nSPS) is 17.1. The average molecular weight is 379 g/mol. The van der Waals surface area contributed by atoms with E-state index in [2.05, 4.69) is 6.92 Å². The van der Waals surface area contributed by atoms with E-state index < -0.39 is 5.41 Å². The summed E-state index contributed by atoms with van der Waals surface area (Å²) in [4.78, 5) is 29.4. The molecule has 6 heteroatoms. The van der Waals surface area contributed by atoms with E-state index in [1.807, 2.05) is 32.9 Å². The van der Waals surface area contributed by atoms with Crippen molar-refractivity contribution in [2.75, 3.05) is 26.2 Å². The molecule has 0 bridgehead atoms. The van der Waals surface area contributed by atoms with Gasteiger partial charge in [-0.25, -0.2) is 0 Å². The van der Waals surface area contributed by atoms with Gasteiger partial charge in [0.25, 0.3) is 0 Å². The van der Waals surface area contributed by atoms with Gasteiger partial charge >= 0.3 is 0 Å². The summed E-state index contributed by atoms with van der Waals surface area (Å²) in [5, 5.41) is 0. The molecule has 2 rings (SSSR count). The third-order valence-corrected chi connectivity index (χ3v) is 4.76. The largest absolute Gasteiger partial charge is 0.467 e. The smallest absolute Gasteiger partial charge is 0.242 e. The summed E-state index contributed by atoms with van der Waals surface area (Å²) in [6, 6.07) is 3.69. The molecule has 2 heterocycles. The van der Waals surface area contributed by atoms with Gasteiger partial charge in [-0.05, 0) is 31.4 Å². The fourth-order valence-electron chi connectivity index (χ4n) is 3.22. The van der Waals surface area contributed by atoms with Crippen molar-refractivity contribution in [3.8, 4) is 0 Å². The van der Waals surface area contributed by atoms with E-state index in [0.717, 1.165) is 38.1 Å². The SMILES string of the molecule is CCCCN(CC(=O)N(Cc1ccco1)CC1CCCO1)C(=O)C(C)(C)C. The Morgan fingerprint density at radius 2 is 2.04 bits per heavy atom. The van der Waals surface area contributed by atoms with E-state index >= 15 is 0 Å². The van der Waals surface area contributed by atoms with E-state index in [1.54, 1.807) is 16.1 Å². The quantitative estimate of drug-likeness (QED) is 0.660. The number of carbonyl (C=O) groups is 2. The fraction of sp³-hybridized carbons (Fsp3) is 0.714. The topological polar surface area (TPSA) is 63.0 Å². The molecule has 152 valence electrons. The fourth-order valence-corrected chi connectivity index (χ4v) is 3.22. The molecule has 0 aliphatic carbocycles. The molecular weight excluding hydrogens is 344 g/mol. The number of amides is 2. The lowest BCUT2D eigenvalue weighted by molar-refractivity contribution is -0.146. The Kier molecular flexibility index (Phi) is 7.90. The number of furan rings is 1. The van der Waals surface area contributed by atoms with E-state index in [4.69, 9.17) is 9.15 Å². The first-order chi connectivity index (χ1) is 12.8. The predicted octanol–water partition coefficient (Wildman–Crippen LogP) is 3.46. The summed E-state index contributed by atoms with van der Waals surface area (Å²) in [5.41, 5.74) is -0.506. The molecule has 1 unspecified atom stereocenters. The molecule has 6 nitrogen and oxygen atoms in total. The molecule has 1 saturated heterocycles. The molecule has 0 N–H and O–H groups in total. The van der Waals surface area contributed by atoms with Crippen LogP contribution in [0.15, 0.2) is 22.8 Å². The van der Waals surface area contributed by atoms with Crippen LogP contribution < -0.4 is 0 Å². The van der Waals surface area contributed by atoms with Gasteiger partial charge in [0.1, 0.15) is 5.76 Å². The summed E-state index contributed by atoms with van der Waals surface area (Å²) in [6.07, 6.45) is 5.53. The zero-order valence-corrected chi connectivity index (χ0v) is 17.2. The number of unbranched alkanes of at least 4 members (excludes halogenated alkanes) is 1. The minimum absolute atomic E-state index is 0.0133. The number of rotatable bonds is 9. The Morgan fingerprint density at radius 1 is 1.26 bits per heavy atom. The maximum Gasteiger partial charge on any atom is 0.242 e. The number of nitrogens with zero attached hydrogens (tertiary/aromatic N) is 2. The van der Waals surface area contributed by atoms with Crippen molar-refractivity contribution in [3.63, 3.8) is 0 Å². The maximum atomic E-state index is 13.1. The highest BCUT2D eigenvalue weighted by Crippen LogP contribution is 2.19. The van der Waals surface area contributed by atoms with Crippen molar-refractivity contribution in [3.05, 3.63) is 24.2 Å². The number of hydrogen-bond donors (Lipinski definition) is 0. The van der Waals surface area contributed by atoms with E-state index in [1.165, 1.54) is 0 Å². The second kappa shape index (κ2) is 9.93. The summed E-state index contributed by atoms with van der Waals surface area (Å²) >= 11 is 0. The van der Waals surface area contributed by atoms with Crippen molar-refractivity contribution < 1.29 is 18.7 Å². The van der Waals surface area contributed by atoms with Crippen molar-refractivity contribution in [2.45, 2.75) is 66.0 Å². The Labute approximate surface area is 162 Å². The summed E-state index contributed by atoms with van der Waals surface area (Å²) in [5.74, 6) is 0.693. The second-order valence-corrected chi connectivity index (χ2v) is 8.32. The molecule has 1 aliphatic heterocycles. The molecule has 1 aromatic heterocycles. The van der Waals surface area contributed by atoms with Gasteiger partial charge < -0.3 is 19.0 Å². The zero-order valence-electron chi connectivity index (χ0n) is 17.2. The van der Waals surface area contributed by atoms with Gasteiger partial charge in [-0.3, -0.25) is 9.59 Å². The number of hydrogen-bond acceptors (Lipinski definition) is 4. The Morgan fingerprint density at radius 3 is 2.59 bits per heavy atom. The van der Waals surface area contributed by atoms with Gasteiger partial charge in [0, 0.05) is 25.1 Å². The van der Waals surface area contributed by atoms with E-state index in [9.17, 15) is 9.59 Å². The lowest BCUT2D eigenvalue weighted by atomic mass is 9.94. The van der Waals surface area contributed by atoms with Crippen LogP contribution in [0.1, 0.15) is 59.1 Å². The van der Waals surface area contributed by atoms with Crippen LogP contribution in [0.2, 0.25) is 0 Å². The molecule has 0 radical (unpaired) electrons.